The van der Waals surface area contributed by atoms with E-state index in [4.69, 9.17) is 5.73 Å². The molecular weight excluding hydrogens is 272 g/mol. The highest BCUT2D eigenvalue weighted by atomic mass is 79.9. The van der Waals surface area contributed by atoms with Crippen molar-refractivity contribution in [2.75, 3.05) is 0 Å². The molecule has 0 aliphatic carbocycles. The smallest absolute Gasteiger partial charge is 0.0904 e. The lowest BCUT2D eigenvalue weighted by Gasteiger charge is -2.02. The molecule has 4 heteroatoms. The van der Waals surface area contributed by atoms with Crippen LogP contribution in [-0.4, -0.2) is 4.98 Å². The lowest BCUT2D eigenvalue weighted by Crippen LogP contribution is -1.98. The number of hydrogen-bond donors (Lipinski definition) is 1. The summed E-state index contributed by atoms with van der Waals surface area (Å²) in [6.07, 6.45) is 0. The summed E-state index contributed by atoms with van der Waals surface area (Å²) in [6, 6.07) is 8.14. The number of halogens is 1. The summed E-state index contributed by atoms with van der Waals surface area (Å²) in [4.78, 5) is 5.59. The van der Waals surface area contributed by atoms with Crippen LogP contribution in [0.4, 0.5) is 0 Å². The number of rotatable bonds is 2. The van der Waals surface area contributed by atoms with Crippen LogP contribution in [0, 0.1) is 6.92 Å². The summed E-state index contributed by atoms with van der Waals surface area (Å²) in [7, 11) is 0. The maximum absolute atomic E-state index is 5.68. The van der Waals surface area contributed by atoms with Crippen LogP contribution in [0.15, 0.2) is 28.7 Å². The molecule has 0 saturated heterocycles. The summed E-state index contributed by atoms with van der Waals surface area (Å²) in [5.74, 6) is 0. The zero-order valence-corrected chi connectivity index (χ0v) is 10.7. The summed E-state index contributed by atoms with van der Waals surface area (Å²) in [6.45, 7) is 2.49. The minimum absolute atomic E-state index is 0.487. The third kappa shape index (κ3) is 2.12. The molecule has 0 aliphatic heterocycles. The van der Waals surface area contributed by atoms with Gasteiger partial charge in [-0.25, -0.2) is 4.98 Å². The largest absolute Gasteiger partial charge is 0.325 e. The van der Waals surface area contributed by atoms with E-state index in [1.54, 1.807) is 11.3 Å². The number of thiazole rings is 1. The molecule has 1 aromatic carbocycles. The Morgan fingerprint density at radius 1 is 1.40 bits per heavy atom. The highest BCUT2D eigenvalue weighted by molar-refractivity contribution is 9.10. The Kier molecular flexibility index (Phi) is 3.19. The average Bonchev–Trinajstić information content (AvgIpc) is 2.60. The van der Waals surface area contributed by atoms with E-state index in [0.717, 1.165) is 15.2 Å². The molecule has 1 heterocycles. The minimum Gasteiger partial charge on any atom is -0.325 e. The van der Waals surface area contributed by atoms with Crippen molar-refractivity contribution >= 4 is 27.3 Å². The number of aromatic nitrogens is 1. The Balaban J connectivity index is 2.58. The Labute approximate surface area is 101 Å². The quantitative estimate of drug-likeness (QED) is 0.918. The first kappa shape index (κ1) is 10.8. The van der Waals surface area contributed by atoms with E-state index < -0.39 is 0 Å². The van der Waals surface area contributed by atoms with Crippen molar-refractivity contribution in [3.63, 3.8) is 0 Å². The fourth-order valence-electron chi connectivity index (χ4n) is 1.46. The van der Waals surface area contributed by atoms with Crippen molar-refractivity contribution in [3.05, 3.63) is 39.4 Å². The van der Waals surface area contributed by atoms with E-state index in [1.807, 2.05) is 25.1 Å². The van der Waals surface area contributed by atoms with E-state index >= 15 is 0 Å². The van der Waals surface area contributed by atoms with Gasteiger partial charge in [-0.3, -0.25) is 0 Å². The van der Waals surface area contributed by atoms with Crippen LogP contribution >= 0.6 is 27.3 Å². The molecule has 0 aliphatic rings. The Morgan fingerprint density at radius 2 is 2.13 bits per heavy atom. The summed E-state index contributed by atoms with van der Waals surface area (Å²) >= 11 is 5.23. The van der Waals surface area contributed by atoms with Gasteiger partial charge in [0.2, 0.25) is 0 Å². The van der Waals surface area contributed by atoms with E-state index in [1.165, 1.54) is 10.4 Å². The van der Waals surface area contributed by atoms with Crippen LogP contribution in [0.2, 0.25) is 0 Å². The third-order valence-corrected chi connectivity index (χ3v) is 3.85. The Hall–Kier alpha value is -0.710. The zero-order valence-electron chi connectivity index (χ0n) is 8.33. The van der Waals surface area contributed by atoms with Crippen molar-refractivity contribution < 1.29 is 0 Å². The molecule has 0 amide bonds. The van der Waals surface area contributed by atoms with Crippen LogP contribution in [0.5, 0.6) is 0 Å². The van der Waals surface area contributed by atoms with Crippen LogP contribution in [0.25, 0.3) is 10.4 Å². The van der Waals surface area contributed by atoms with Gasteiger partial charge in [0.05, 0.1) is 15.6 Å². The molecule has 0 saturated carbocycles. The van der Waals surface area contributed by atoms with Gasteiger partial charge in [-0.2, -0.15) is 0 Å². The maximum atomic E-state index is 5.68. The number of nitrogens with zero attached hydrogens (tertiary/aromatic N) is 1. The lowest BCUT2D eigenvalue weighted by atomic mass is 10.1. The van der Waals surface area contributed by atoms with Gasteiger partial charge in [-0.1, -0.05) is 34.1 Å². The van der Waals surface area contributed by atoms with Gasteiger partial charge >= 0.3 is 0 Å². The van der Waals surface area contributed by atoms with Gasteiger partial charge in [0, 0.05) is 16.6 Å². The molecule has 0 bridgehead atoms. The number of benzene rings is 1. The molecule has 2 nitrogen and oxygen atoms in total. The average molecular weight is 283 g/mol. The molecule has 0 spiro atoms. The number of nitrogens with two attached hydrogens (primary N) is 1. The second-order valence-electron chi connectivity index (χ2n) is 3.19. The fraction of sp³-hybridized carbons (Fsp3) is 0.182. The van der Waals surface area contributed by atoms with Crippen LogP contribution in [0.3, 0.4) is 0 Å². The van der Waals surface area contributed by atoms with Crippen molar-refractivity contribution in [1.29, 1.82) is 0 Å². The molecule has 2 rings (SSSR count). The van der Waals surface area contributed by atoms with E-state index in [9.17, 15) is 0 Å². The van der Waals surface area contributed by atoms with Gasteiger partial charge in [-0.15, -0.1) is 11.3 Å². The second-order valence-corrected chi connectivity index (χ2v) is 5.25. The van der Waals surface area contributed by atoms with Crippen molar-refractivity contribution in [1.82, 2.24) is 4.98 Å². The summed E-state index contributed by atoms with van der Waals surface area (Å²) in [5.41, 5.74) is 7.83. The first-order valence-electron chi connectivity index (χ1n) is 4.63. The van der Waals surface area contributed by atoms with E-state index in [0.29, 0.717) is 6.54 Å². The first-order valence-corrected chi connectivity index (χ1v) is 6.24. The van der Waals surface area contributed by atoms with Crippen LogP contribution in [-0.2, 0) is 6.54 Å². The summed E-state index contributed by atoms with van der Waals surface area (Å²) < 4.78 is 1.09. The second kappa shape index (κ2) is 4.43. The monoisotopic (exact) mass is 282 g/mol. The van der Waals surface area contributed by atoms with Gasteiger partial charge in [0.15, 0.2) is 0 Å². The molecule has 0 atom stereocenters. The normalized spacial score (nSPS) is 10.6. The molecule has 15 heavy (non-hydrogen) atoms. The standard InChI is InChI=1S/C11H11BrN2S/c1-7-14-10(6-13)11(15-7)8-4-2-3-5-9(8)12/h2-5H,6,13H2,1H3. The maximum Gasteiger partial charge on any atom is 0.0904 e. The van der Waals surface area contributed by atoms with Crippen LogP contribution in [0.1, 0.15) is 10.7 Å². The predicted octanol–water partition coefficient (Wildman–Crippen LogP) is 3.34. The van der Waals surface area contributed by atoms with Gasteiger partial charge in [0.25, 0.3) is 0 Å². The molecule has 0 radical (unpaired) electrons. The molecule has 0 fully saturated rings. The van der Waals surface area contributed by atoms with Gasteiger partial charge < -0.3 is 5.73 Å². The van der Waals surface area contributed by atoms with Crippen LogP contribution < -0.4 is 5.73 Å². The zero-order chi connectivity index (χ0) is 10.8. The molecule has 2 N–H and O–H groups in total. The highest BCUT2D eigenvalue weighted by Gasteiger charge is 2.11. The molecule has 0 unspecified atom stereocenters. The predicted molar refractivity (Wildman–Crippen MR) is 67.9 cm³/mol. The van der Waals surface area contributed by atoms with E-state index in [-0.39, 0.29) is 0 Å². The van der Waals surface area contributed by atoms with Crippen molar-refractivity contribution in [2.45, 2.75) is 13.5 Å². The Morgan fingerprint density at radius 3 is 2.80 bits per heavy atom. The van der Waals surface area contributed by atoms with E-state index in [2.05, 4.69) is 27.0 Å². The minimum atomic E-state index is 0.487. The van der Waals surface area contributed by atoms with Gasteiger partial charge in [0.1, 0.15) is 0 Å². The Bertz CT molecular complexity index is 479. The number of aryl methyl sites for hydroxylation is 1. The lowest BCUT2D eigenvalue weighted by molar-refractivity contribution is 1.00. The third-order valence-electron chi connectivity index (χ3n) is 2.12. The first-order chi connectivity index (χ1) is 7.22. The number of hydrogen-bond acceptors (Lipinski definition) is 3. The van der Waals surface area contributed by atoms with Crippen molar-refractivity contribution in [3.8, 4) is 10.4 Å². The molecule has 78 valence electrons. The molecule has 1 aromatic heterocycles. The molecule has 2 aromatic rings. The fourth-order valence-corrected chi connectivity index (χ4v) is 3.06. The summed E-state index contributed by atoms with van der Waals surface area (Å²) in [5, 5.41) is 1.06. The molecular formula is C11H11BrN2S. The topological polar surface area (TPSA) is 38.9 Å². The SMILES string of the molecule is Cc1nc(CN)c(-c2ccccc2Br)s1. The van der Waals surface area contributed by atoms with Crippen molar-refractivity contribution in [2.24, 2.45) is 5.73 Å². The highest BCUT2D eigenvalue weighted by Crippen LogP contribution is 2.34. The van der Waals surface area contributed by atoms with Gasteiger partial charge in [-0.05, 0) is 13.0 Å².